The summed E-state index contributed by atoms with van der Waals surface area (Å²) >= 11 is 0. The first kappa shape index (κ1) is 16.0. The Balaban J connectivity index is 2.38. The SMILES string of the molecule is CCCNC(CCC)CCCc1ccccc1OC. The van der Waals surface area contributed by atoms with Gasteiger partial charge < -0.3 is 10.1 Å². The van der Waals surface area contributed by atoms with Crippen LogP contribution in [0.5, 0.6) is 5.75 Å². The predicted molar refractivity (Wildman–Crippen MR) is 82.9 cm³/mol. The van der Waals surface area contributed by atoms with Crippen LogP contribution in [-0.4, -0.2) is 19.7 Å². The van der Waals surface area contributed by atoms with Crippen LogP contribution in [0, 0.1) is 0 Å². The van der Waals surface area contributed by atoms with Crippen molar-refractivity contribution in [1.82, 2.24) is 5.32 Å². The zero-order valence-corrected chi connectivity index (χ0v) is 12.7. The van der Waals surface area contributed by atoms with Crippen LogP contribution in [0.25, 0.3) is 0 Å². The van der Waals surface area contributed by atoms with Crippen LogP contribution in [0.2, 0.25) is 0 Å². The maximum Gasteiger partial charge on any atom is 0.122 e. The van der Waals surface area contributed by atoms with Crippen molar-refractivity contribution in [3.05, 3.63) is 29.8 Å². The van der Waals surface area contributed by atoms with Gasteiger partial charge in [-0.2, -0.15) is 0 Å². The van der Waals surface area contributed by atoms with Crippen LogP contribution in [-0.2, 0) is 6.42 Å². The molecule has 1 aromatic rings. The van der Waals surface area contributed by atoms with Gasteiger partial charge in [0.05, 0.1) is 7.11 Å². The summed E-state index contributed by atoms with van der Waals surface area (Å²) in [5.41, 5.74) is 1.33. The van der Waals surface area contributed by atoms with Crippen LogP contribution < -0.4 is 10.1 Å². The summed E-state index contributed by atoms with van der Waals surface area (Å²) in [5.74, 6) is 1.02. The van der Waals surface area contributed by atoms with E-state index in [1.54, 1.807) is 7.11 Å². The lowest BCUT2D eigenvalue weighted by molar-refractivity contribution is 0.405. The number of nitrogens with one attached hydrogen (secondary N) is 1. The first-order chi connectivity index (χ1) is 9.31. The van der Waals surface area contributed by atoms with Gasteiger partial charge in [-0.25, -0.2) is 0 Å². The molecule has 0 heterocycles. The van der Waals surface area contributed by atoms with Gasteiger partial charge in [-0.15, -0.1) is 0 Å². The molecule has 0 radical (unpaired) electrons. The van der Waals surface area contributed by atoms with E-state index in [2.05, 4.69) is 31.3 Å². The molecule has 0 aliphatic carbocycles. The Hall–Kier alpha value is -1.02. The highest BCUT2D eigenvalue weighted by Crippen LogP contribution is 2.20. The fourth-order valence-corrected chi connectivity index (χ4v) is 2.49. The summed E-state index contributed by atoms with van der Waals surface area (Å²) in [6.07, 6.45) is 7.35. The van der Waals surface area contributed by atoms with Crippen molar-refractivity contribution in [2.24, 2.45) is 0 Å². The normalized spacial score (nSPS) is 12.4. The van der Waals surface area contributed by atoms with Gasteiger partial charge in [-0.05, 0) is 50.3 Å². The molecular formula is C17H29NO. The van der Waals surface area contributed by atoms with Gasteiger partial charge in [-0.3, -0.25) is 0 Å². The highest BCUT2D eigenvalue weighted by Gasteiger charge is 2.07. The molecule has 0 aromatic heterocycles. The number of hydrogen-bond acceptors (Lipinski definition) is 2. The lowest BCUT2D eigenvalue weighted by atomic mass is 10.0. The molecular weight excluding hydrogens is 234 g/mol. The van der Waals surface area contributed by atoms with Gasteiger partial charge >= 0.3 is 0 Å². The number of methoxy groups -OCH3 is 1. The van der Waals surface area contributed by atoms with Gasteiger partial charge in [0.2, 0.25) is 0 Å². The van der Waals surface area contributed by atoms with Crippen LogP contribution in [0.15, 0.2) is 24.3 Å². The fourth-order valence-electron chi connectivity index (χ4n) is 2.49. The molecule has 0 saturated heterocycles. The maximum atomic E-state index is 5.40. The van der Waals surface area contributed by atoms with E-state index in [0.717, 1.165) is 18.7 Å². The van der Waals surface area contributed by atoms with E-state index in [9.17, 15) is 0 Å². The van der Waals surface area contributed by atoms with Crippen LogP contribution in [0.3, 0.4) is 0 Å². The topological polar surface area (TPSA) is 21.3 Å². The molecule has 2 nitrogen and oxygen atoms in total. The predicted octanol–water partition coefficient (Wildman–Crippen LogP) is 4.19. The molecule has 1 atom stereocenters. The highest BCUT2D eigenvalue weighted by atomic mass is 16.5. The Morgan fingerprint density at radius 3 is 2.58 bits per heavy atom. The molecule has 108 valence electrons. The van der Waals surface area contributed by atoms with E-state index in [4.69, 9.17) is 4.74 Å². The first-order valence-corrected chi connectivity index (χ1v) is 7.67. The summed E-state index contributed by atoms with van der Waals surface area (Å²) in [6, 6.07) is 9.03. The Bertz CT molecular complexity index is 338. The lowest BCUT2D eigenvalue weighted by Gasteiger charge is -2.18. The zero-order chi connectivity index (χ0) is 13.9. The summed E-state index contributed by atoms with van der Waals surface area (Å²) in [7, 11) is 1.75. The van der Waals surface area contributed by atoms with E-state index in [1.807, 2.05) is 12.1 Å². The maximum absolute atomic E-state index is 5.40. The Kier molecular flexibility index (Phi) is 8.31. The van der Waals surface area contributed by atoms with Crippen molar-refractivity contribution < 1.29 is 4.74 Å². The number of hydrogen-bond donors (Lipinski definition) is 1. The average Bonchev–Trinajstić information content (AvgIpc) is 2.45. The van der Waals surface area contributed by atoms with Crippen molar-refractivity contribution in [2.45, 2.75) is 58.4 Å². The summed E-state index contributed by atoms with van der Waals surface area (Å²) in [4.78, 5) is 0. The Morgan fingerprint density at radius 2 is 1.89 bits per heavy atom. The van der Waals surface area contributed by atoms with E-state index in [0.29, 0.717) is 6.04 Å². The van der Waals surface area contributed by atoms with Gasteiger partial charge in [0.1, 0.15) is 5.75 Å². The number of ether oxygens (including phenoxy) is 1. The van der Waals surface area contributed by atoms with E-state index in [1.165, 1.54) is 37.7 Å². The van der Waals surface area contributed by atoms with Crippen molar-refractivity contribution in [3.63, 3.8) is 0 Å². The van der Waals surface area contributed by atoms with E-state index >= 15 is 0 Å². The summed E-state index contributed by atoms with van der Waals surface area (Å²) in [5, 5.41) is 3.65. The number of para-hydroxylation sites is 1. The molecule has 2 heteroatoms. The number of rotatable bonds is 10. The molecule has 0 aliphatic rings. The smallest absolute Gasteiger partial charge is 0.122 e. The molecule has 1 rings (SSSR count). The second-order valence-corrected chi connectivity index (χ2v) is 5.14. The monoisotopic (exact) mass is 263 g/mol. The molecule has 0 amide bonds. The lowest BCUT2D eigenvalue weighted by Crippen LogP contribution is -2.29. The minimum Gasteiger partial charge on any atom is -0.496 e. The standard InChI is InChI=1S/C17H29NO/c1-4-9-16(18-14-5-2)12-8-11-15-10-6-7-13-17(15)19-3/h6-7,10,13,16,18H,4-5,8-9,11-12,14H2,1-3H3. The third-order valence-corrected chi connectivity index (χ3v) is 3.51. The highest BCUT2D eigenvalue weighted by molar-refractivity contribution is 5.33. The van der Waals surface area contributed by atoms with E-state index < -0.39 is 0 Å². The molecule has 1 aromatic carbocycles. The molecule has 0 bridgehead atoms. The molecule has 19 heavy (non-hydrogen) atoms. The van der Waals surface area contributed by atoms with Crippen molar-refractivity contribution >= 4 is 0 Å². The van der Waals surface area contributed by atoms with Crippen molar-refractivity contribution in [3.8, 4) is 5.75 Å². The third-order valence-electron chi connectivity index (χ3n) is 3.51. The minimum atomic E-state index is 0.680. The van der Waals surface area contributed by atoms with E-state index in [-0.39, 0.29) is 0 Å². The number of benzene rings is 1. The zero-order valence-electron chi connectivity index (χ0n) is 12.7. The molecule has 0 fully saturated rings. The molecule has 0 spiro atoms. The summed E-state index contributed by atoms with van der Waals surface area (Å²) < 4.78 is 5.40. The van der Waals surface area contributed by atoms with Gasteiger partial charge in [0, 0.05) is 6.04 Å². The van der Waals surface area contributed by atoms with Crippen LogP contribution in [0.1, 0.15) is 51.5 Å². The van der Waals surface area contributed by atoms with Crippen molar-refractivity contribution in [1.29, 1.82) is 0 Å². The van der Waals surface area contributed by atoms with Gasteiger partial charge in [-0.1, -0.05) is 38.5 Å². The Morgan fingerprint density at radius 1 is 1.11 bits per heavy atom. The third kappa shape index (κ3) is 6.11. The molecule has 1 N–H and O–H groups in total. The van der Waals surface area contributed by atoms with Gasteiger partial charge in [0.15, 0.2) is 0 Å². The average molecular weight is 263 g/mol. The fraction of sp³-hybridized carbons (Fsp3) is 0.647. The second-order valence-electron chi connectivity index (χ2n) is 5.14. The van der Waals surface area contributed by atoms with Gasteiger partial charge in [0.25, 0.3) is 0 Å². The van der Waals surface area contributed by atoms with Crippen molar-refractivity contribution in [2.75, 3.05) is 13.7 Å². The second kappa shape index (κ2) is 9.85. The molecule has 0 aliphatic heterocycles. The van der Waals surface area contributed by atoms with Crippen LogP contribution in [0.4, 0.5) is 0 Å². The molecule has 0 saturated carbocycles. The summed E-state index contributed by atoms with van der Waals surface area (Å²) in [6.45, 7) is 5.63. The first-order valence-electron chi connectivity index (χ1n) is 7.67. The van der Waals surface area contributed by atoms with Crippen LogP contribution >= 0.6 is 0 Å². The largest absolute Gasteiger partial charge is 0.496 e. The quantitative estimate of drug-likeness (QED) is 0.683. The Labute approximate surface area is 118 Å². The minimum absolute atomic E-state index is 0.680. The molecule has 1 unspecified atom stereocenters. The number of aryl methyl sites for hydroxylation is 1.